The summed E-state index contributed by atoms with van der Waals surface area (Å²) in [5.74, 6) is 0.716. The lowest BCUT2D eigenvalue weighted by Gasteiger charge is -2.31. The van der Waals surface area contributed by atoms with Crippen molar-refractivity contribution in [2.45, 2.75) is 25.7 Å². The first kappa shape index (κ1) is 13.9. The molecule has 0 aromatic rings. The van der Waals surface area contributed by atoms with Crippen LogP contribution >= 0.6 is 0 Å². The molecule has 1 N–H and O–H groups in total. The van der Waals surface area contributed by atoms with E-state index in [1.165, 1.54) is 6.26 Å². The van der Waals surface area contributed by atoms with Crippen molar-refractivity contribution >= 4 is 9.84 Å². The van der Waals surface area contributed by atoms with E-state index in [1.54, 1.807) is 0 Å². The molecule has 4 nitrogen and oxygen atoms in total. The number of unbranched alkanes of at least 4 members (excludes halogenated alkanes) is 1. The molecule has 0 spiro atoms. The van der Waals surface area contributed by atoms with Gasteiger partial charge in [0.2, 0.25) is 0 Å². The van der Waals surface area contributed by atoms with E-state index >= 15 is 0 Å². The Morgan fingerprint density at radius 2 is 2.12 bits per heavy atom. The molecule has 0 amide bonds. The van der Waals surface area contributed by atoms with Crippen molar-refractivity contribution in [2.24, 2.45) is 5.92 Å². The van der Waals surface area contributed by atoms with Gasteiger partial charge in [0.25, 0.3) is 0 Å². The van der Waals surface area contributed by atoms with Gasteiger partial charge in [0.05, 0.1) is 0 Å². The van der Waals surface area contributed by atoms with Crippen LogP contribution in [0.5, 0.6) is 0 Å². The summed E-state index contributed by atoms with van der Waals surface area (Å²) in [4.78, 5) is 2.34. The van der Waals surface area contributed by atoms with Crippen molar-refractivity contribution in [1.82, 2.24) is 4.90 Å². The van der Waals surface area contributed by atoms with Gasteiger partial charge in [-0.2, -0.15) is 0 Å². The number of hydrogen-bond donors (Lipinski definition) is 1. The van der Waals surface area contributed by atoms with Crippen LogP contribution in [0.1, 0.15) is 25.7 Å². The molecule has 1 aliphatic rings. The first-order valence-corrected chi connectivity index (χ1v) is 8.08. The number of piperidine rings is 1. The molecule has 0 aliphatic carbocycles. The number of likely N-dealkylation sites (tertiary alicyclic amines) is 1. The summed E-state index contributed by atoms with van der Waals surface area (Å²) >= 11 is 0. The molecule has 0 aromatic carbocycles. The molecule has 0 radical (unpaired) electrons. The first-order valence-electron chi connectivity index (χ1n) is 6.02. The Balaban J connectivity index is 2.13. The van der Waals surface area contributed by atoms with E-state index in [2.05, 4.69) is 4.90 Å². The highest BCUT2D eigenvalue weighted by Gasteiger charge is 2.18. The number of rotatable bonds is 6. The summed E-state index contributed by atoms with van der Waals surface area (Å²) in [5, 5.41) is 9.08. The van der Waals surface area contributed by atoms with Crippen molar-refractivity contribution < 1.29 is 13.5 Å². The van der Waals surface area contributed by atoms with Gasteiger partial charge in [0, 0.05) is 25.2 Å². The van der Waals surface area contributed by atoms with Gasteiger partial charge >= 0.3 is 0 Å². The minimum absolute atomic E-state index is 0.278. The van der Waals surface area contributed by atoms with Crippen LogP contribution in [0, 0.1) is 5.92 Å². The van der Waals surface area contributed by atoms with Gasteiger partial charge in [-0.25, -0.2) is 8.42 Å². The highest BCUT2D eigenvalue weighted by atomic mass is 32.2. The molecule has 96 valence electrons. The minimum Gasteiger partial charge on any atom is -0.396 e. The molecule has 0 aromatic heterocycles. The summed E-state index contributed by atoms with van der Waals surface area (Å²) < 4.78 is 21.9. The van der Waals surface area contributed by atoms with Gasteiger partial charge in [-0.1, -0.05) is 0 Å². The molecule has 1 atom stereocenters. The molecule has 1 rings (SSSR count). The van der Waals surface area contributed by atoms with Crippen molar-refractivity contribution in [1.29, 1.82) is 0 Å². The summed E-state index contributed by atoms with van der Waals surface area (Å²) in [6, 6.07) is 0. The molecule has 5 heteroatoms. The lowest BCUT2D eigenvalue weighted by atomic mass is 9.99. The average molecular weight is 249 g/mol. The van der Waals surface area contributed by atoms with Crippen LogP contribution in [0.2, 0.25) is 0 Å². The number of hydrogen-bond acceptors (Lipinski definition) is 4. The van der Waals surface area contributed by atoms with E-state index < -0.39 is 9.84 Å². The molecule has 0 saturated carbocycles. The molecule has 1 saturated heterocycles. The van der Waals surface area contributed by atoms with E-state index in [0.717, 1.165) is 45.3 Å². The van der Waals surface area contributed by atoms with Crippen LogP contribution in [0.15, 0.2) is 0 Å². The third-order valence-corrected chi connectivity index (χ3v) is 4.13. The van der Waals surface area contributed by atoms with Crippen LogP contribution in [0.3, 0.4) is 0 Å². The molecular weight excluding hydrogens is 226 g/mol. The van der Waals surface area contributed by atoms with Crippen molar-refractivity contribution in [3.8, 4) is 0 Å². The number of aliphatic hydroxyl groups is 1. The fourth-order valence-electron chi connectivity index (χ4n) is 2.20. The van der Waals surface area contributed by atoms with Gasteiger partial charge in [0.1, 0.15) is 9.84 Å². The third kappa shape index (κ3) is 5.82. The molecule has 1 fully saturated rings. The predicted octanol–water partition coefficient (Wildman–Crippen LogP) is 0.515. The normalized spacial score (nSPS) is 23.5. The standard InChI is InChI=1S/C11H23NO3S/c1-16(14,15)8-3-2-6-12-7-4-5-11(9-12)10-13/h11,13H,2-10H2,1H3. The Labute approximate surface area is 98.6 Å². The fourth-order valence-corrected chi connectivity index (χ4v) is 2.93. The second-order valence-electron chi connectivity index (χ2n) is 4.83. The zero-order valence-electron chi connectivity index (χ0n) is 10.1. The van der Waals surface area contributed by atoms with Crippen molar-refractivity contribution in [3.63, 3.8) is 0 Å². The Kier molecular flexibility index (Phi) is 5.72. The molecule has 1 heterocycles. The van der Waals surface area contributed by atoms with Gasteiger partial charge in [-0.15, -0.1) is 0 Å². The summed E-state index contributed by atoms with van der Waals surface area (Å²) in [5.41, 5.74) is 0. The largest absolute Gasteiger partial charge is 0.396 e. The average Bonchev–Trinajstić information content (AvgIpc) is 2.23. The summed E-state index contributed by atoms with van der Waals surface area (Å²) in [7, 11) is -2.80. The van der Waals surface area contributed by atoms with Crippen molar-refractivity contribution in [2.75, 3.05) is 38.2 Å². The van der Waals surface area contributed by atoms with E-state index in [9.17, 15) is 8.42 Å². The zero-order chi connectivity index (χ0) is 12.0. The fraction of sp³-hybridized carbons (Fsp3) is 1.00. The Morgan fingerprint density at radius 1 is 1.38 bits per heavy atom. The topological polar surface area (TPSA) is 57.6 Å². The van der Waals surface area contributed by atoms with E-state index in [4.69, 9.17) is 5.11 Å². The molecular formula is C11H23NO3S. The smallest absolute Gasteiger partial charge is 0.147 e. The second kappa shape index (κ2) is 6.57. The number of nitrogens with zero attached hydrogens (tertiary/aromatic N) is 1. The van der Waals surface area contributed by atoms with Crippen LogP contribution in [0.25, 0.3) is 0 Å². The molecule has 0 bridgehead atoms. The predicted molar refractivity (Wildman–Crippen MR) is 65.2 cm³/mol. The van der Waals surface area contributed by atoms with E-state index in [1.807, 2.05) is 0 Å². The monoisotopic (exact) mass is 249 g/mol. The van der Waals surface area contributed by atoms with Gasteiger partial charge < -0.3 is 10.0 Å². The Hall–Kier alpha value is -0.130. The highest BCUT2D eigenvalue weighted by Crippen LogP contribution is 2.16. The highest BCUT2D eigenvalue weighted by molar-refractivity contribution is 7.90. The molecule has 16 heavy (non-hydrogen) atoms. The molecule has 1 aliphatic heterocycles. The first-order chi connectivity index (χ1) is 7.51. The van der Waals surface area contributed by atoms with E-state index in [0.29, 0.717) is 11.7 Å². The number of aliphatic hydroxyl groups excluding tert-OH is 1. The Bertz CT molecular complexity index is 290. The van der Waals surface area contributed by atoms with Gasteiger partial charge in [0.15, 0.2) is 0 Å². The van der Waals surface area contributed by atoms with Crippen LogP contribution in [-0.4, -0.2) is 56.7 Å². The Morgan fingerprint density at radius 3 is 2.75 bits per heavy atom. The van der Waals surface area contributed by atoms with Gasteiger partial charge in [-0.3, -0.25) is 0 Å². The van der Waals surface area contributed by atoms with Crippen LogP contribution in [0.4, 0.5) is 0 Å². The van der Waals surface area contributed by atoms with E-state index in [-0.39, 0.29) is 6.61 Å². The van der Waals surface area contributed by atoms with Gasteiger partial charge in [-0.05, 0) is 44.7 Å². The zero-order valence-corrected chi connectivity index (χ0v) is 10.9. The minimum atomic E-state index is -2.80. The summed E-state index contributed by atoms with van der Waals surface area (Å²) in [6.45, 7) is 3.30. The second-order valence-corrected chi connectivity index (χ2v) is 7.09. The molecule has 1 unspecified atom stereocenters. The lowest BCUT2D eigenvalue weighted by Crippen LogP contribution is -2.37. The number of sulfone groups is 1. The SMILES string of the molecule is CS(=O)(=O)CCCCN1CCCC(CO)C1. The lowest BCUT2D eigenvalue weighted by molar-refractivity contribution is 0.119. The van der Waals surface area contributed by atoms with Crippen molar-refractivity contribution in [3.05, 3.63) is 0 Å². The maximum Gasteiger partial charge on any atom is 0.147 e. The maximum absolute atomic E-state index is 10.9. The quantitative estimate of drug-likeness (QED) is 0.697. The third-order valence-electron chi connectivity index (χ3n) is 3.10. The van der Waals surface area contributed by atoms with Crippen LogP contribution < -0.4 is 0 Å². The van der Waals surface area contributed by atoms with Crippen LogP contribution in [-0.2, 0) is 9.84 Å². The maximum atomic E-state index is 10.9. The summed E-state index contributed by atoms with van der Waals surface area (Å²) in [6.07, 6.45) is 5.24.